The van der Waals surface area contributed by atoms with Crippen molar-refractivity contribution in [2.75, 3.05) is 24.7 Å². The molecule has 1 aliphatic heterocycles. The molecule has 2 amide bonds. The number of piperidine rings is 1. The van der Waals surface area contributed by atoms with Gasteiger partial charge in [-0.25, -0.2) is 13.2 Å². The molecule has 0 saturated carbocycles. The molecular weight excluding hydrogens is 288 g/mol. The summed E-state index contributed by atoms with van der Waals surface area (Å²) in [6, 6.07) is 6.12. The first-order valence-corrected chi connectivity index (χ1v) is 9.01. The van der Waals surface area contributed by atoms with Crippen molar-refractivity contribution in [1.29, 1.82) is 0 Å². The van der Waals surface area contributed by atoms with Crippen LogP contribution in [0.25, 0.3) is 0 Å². The molecule has 6 heteroatoms. The van der Waals surface area contributed by atoms with Gasteiger partial charge in [-0.15, -0.1) is 0 Å². The maximum absolute atomic E-state index is 12.2. The Balaban J connectivity index is 2.03. The van der Waals surface area contributed by atoms with Gasteiger partial charge >= 0.3 is 6.03 Å². The third kappa shape index (κ3) is 4.20. The number of carbonyl (C=O) groups excluding carboxylic acids is 1. The van der Waals surface area contributed by atoms with Crippen LogP contribution in [-0.2, 0) is 9.84 Å². The number of anilines is 1. The zero-order chi connectivity index (χ0) is 15.6. The fourth-order valence-corrected chi connectivity index (χ4v) is 3.45. The summed E-state index contributed by atoms with van der Waals surface area (Å²) in [5.41, 5.74) is 0.610. The van der Waals surface area contributed by atoms with Crippen molar-refractivity contribution in [2.24, 2.45) is 11.8 Å². The molecule has 5 nitrogen and oxygen atoms in total. The molecule has 1 N–H and O–H groups in total. The summed E-state index contributed by atoms with van der Waals surface area (Å²) >= 11 is 0. The lowest BCUT2D eigenvalue weighted by Gasteiger charge is -2.34. The number of carbonyl (C=O) groups is 1. The van der Waals surface area contributed by atoms with Gasteiger partial charge in [0.15, 0.2) is 9.84 Å². The maximum atomic E-state index is 12.2. The standard InChI is InChI=1S/C15H22N2O3S/c1-11-8-12(2)10-17(9-11)15(18)16-13-4-6-14(7-5-13)21(3,19)20/h4-7,11-12H,8-10H2,1-3H3,(H,16,18)/t11-,12-/m1/s1. The molecule has 1 aliphatic rings. The van der Waals surface area contributed by atoms with Crippen molar-refractivity contribution >= 4 is 21.6 Å². The predicted molar refractivity (Wildman–Crippen MR) is 83.1 cm³/mol. The first kappa shape index (κ1) is 15.8. The first-order valence-electron chi connectivity index (χ1n) is 7.11. The highest BCUT2D eigenvalue weighted by atomic mass is 32.2. The maximum Gasteiger partial charge on any atom is 0.321 e. The minimum atomic E-state index is -3.21. The highest BCUT2D eigenvalue weighted by Gasteiger charge is 2.25. The topological polar surface area (TPSA) is 66.5 Å². The minimum absolute atomic E-state index is 0.125. The number of sulfone groups is 1. The Bertz CT molecular complexity index is 600. The van der Waals surface area contributed by atoms with Crippen LogP contribution in [0.4, 0.5) is 10.5 Å². The zero-order valence-corrected chi connectivity index (χ0v) is 13.5. The van der Waals surface area contributed by atoms with E-state index in [9.17, 15) is 13.2 Å². The highest BCUT2D eigenvalue weighted by Crippen LogP contribution is 2.22. The molecule has 2 rings (SSSR count). The molecule has 0 aliphatic carbocycles. The Hall–Kier alpha value is -1.56. The first-order chi connectivity index (χ1) is 9.75. The van der Waals surface area contributed by atoms with E-state index in [0.717, 1.165) is 25.8 Å². The molecule has 0 radical (unpaired) electrons. The van der Waals surface area contributed by atoms with E-state index in [4.69, 9.17) is 0 Å². The van der Waals surface area contributed by atoms with Gasteiger partial charge in [0.25, 0.3) is 0 Å². The van der Waals surface area contributed by atoms with Crippen LogP contribution in [-0.4, -0.2) is 38.7 Å². The van der Waals surface area contributed by atoms with Gasteiger partial charge in [-0.2, -0.15) is 0 Å². The van der Waals surface area contributed by atoms with Crippen LogP contribution in [0.3, 0.4) is 0 Å². The molecule has 0 aromatic heterocycles. The SMILES string of the molecule is C[C@@H]1C[C@@H](C)CN(C(=O)Nc2ccc(S(C)(=O)=O)cc2)C1. The van der Waals surface area contributed by atoms with Crippen molar-refractivity contribution in [3.8, 4) is 0 Å². The minimum Gasteiger partial charge on any atom is -0.324 e. The van der Waals surface area contributed by atoms with E-state index < -0.39 is 9.84 Å². The fourth-order valence-electron chi connectivity index (χ4n) is 2.82. The van der Waals surface area contributed by atoms with Crippen LogP contribution in [0.15, 0.2) is 29.2 Å². The lowest BCUT2D eigenvalue weighted by atomic mass is 9.92. The normalized spacial score (nSPS) is 22.9. The average molecular weight is 310 g/mol. The van der Waals surface area contributed by atoms with Crippen LogP contribution in [0, 0.1) is 11.8 Å². The monoisotopic (exact) mass is 310 g/mol. The molecule has 1 saturated heterocycles. The van der Waals surface area contributed by atoms with E-state index in [1.54, 1.807) is 12.1 Å². The molecule has 1 heterocycles. The summed E-state index contributed by atoms with van der Waals surface area (Å²) < 4.78 is 22.8. The summed E-state index contributed by atoms with van der Waals surface area (Å²) in [5.74, 6) is 1.01. The number of likely N-dealkylation sites (tertiary alicyclic amines) is 1. The van der Waals surface area contributed by atoms with Gasteiger partial charge in [-0.1, -0.05) is 13.8 Å². The van der Waals surface area contributed by atoms with Gasteiger partial charge in [0.1, 0.15) is 0 Å². The van der Waals surface area contributed by atoms with Crippen LogP contribution >= 0.6 is 0 Å². The van der Waals surface area contributed by atoms with Crippen LogP contribution < -0.4 is 5.32 Å². The molecule has 0 spiro atoms. The molecule has 1 fully saturated rings. The molecular formula is C15H22N2O3S. The third-order valence-corrected chi connectivity index (χ3v) is 4.82. The average Bonchev–Trinajstić information content (AvgIpc) is 2.37. The van der Waals surface area contributed by atoms with E-state index in [0.29, 0.717) is 17.5 Å². The number of urea groups is 1. The summed E-state index contributed by atoms with van der Waals surface area (Å²) in [4.78, 5) is 14.3. The second-order valence-corrected chi connectivity index (χ2v) is 8.09. The Morgan fingerprint density at radius 2 is 1.67 bits per heavy atom. The Morgan fingerprint density at radius 1 is 1.14 bits per heavy atom. The van der Waals surface area contributed by atoms with Gasteiger partial charge in [-0.05, 0) is 42.5 Å². The molecule has 2 atom stereocenters. The van der Waals surface area contributed by atoms with E-state index in [-0.39, 0.29) is 10.9 Å². The third-order valence-electron chi connectivity index (χ3n) is 3.69. The predicted octanol–water partition coefficient (Wildman–Crippen LogP) is 2.60. The summed E-state index contributed by atoms with van der Waals surface area (Å²) in [5, 5.41) is 2.82. The Kier molecular flexibility index (Phi) is 4.56. The second kappa shape index (κ2) is 6.05. The van der Waals surface area contributed by atoms with Crippen LogP contribution in [0.5, 0.6) is 0 Å². The van der Waals surface area contributed by atoms with E-state index in [1.165, 1.54) is 12.1 Å². The number of nitrogens with one attached hydrogen (secondary N) is 1. The zero-order valence-electron chi connectivity index (χ0n) is 12.7. The number of amides is 2. The van der Waals surface area contributed by atoms with E-state index >= 15 is 0 Å². The lowest BCUT2D eigenvalue weighted by Crippen LogP contribution is -2.44. The summed E-state index contributed by atoms with van der Waals surface area (Å²) in [6.45, 7) is 5.82. The molecule has 1 aromatic carbocycles. The molecule has 21 heavy (non-hydrogen) atoms. The largest absolute Gasteiger partial charge is 0.324 e. The number of hydrogen-bond donors (Lipinski definition) is 1. The molecule has 116 valence electrons. The van der Waals surface area contributed by atoms with Crippen molar-refractivity contribution in [1.82, 2.24) is 4.90 Å². The Morgan fingerprint density at radius 3 is 2.14 bits per heavy atom. The van der Waals surface area contributed by atoms with Gasteiger partial charge in [0, 0.05) is 25.0 Å². The van der Waals surface area contributed by atoms with Crippen molar-refractivity contribution in [2.45, 2.75) is 25.2 Å². The van der Waals surface area contributed by atoms with Gasteiger partial charge in [0.05, 0.1) is 4.90 Å². The molecule has 1 aromatic rings. The Labute approximate surface area is 126 Å². The van der Waals surface area contributed by atoms with Gasteiger partial charge in [-0.3, -0.25) is 0 Å². The van der Waals surface area contributed by atoms with E-state index in [2.05, 4.69) is 19.2 Å². The van der Waals surface area contributed by atoms with Crippen molar-refractivity contribution < 1.29 is 13.2 Å². The van der Waals surface area contributed by atoms with Gasteiger partial charge in [0.2, 0.25) is 0 Å². The summed E-state index contributed by atoms with van der Waals surface area (Å²) in [6.07, 6.45) is 2.31. The van der Waals surface area contributed by atoms with Crippen LogP contribution in [0.1, 0.15) is 20.3 Å². The van der Waals surface area contributed by atoms with E-state index in [1.807, 2.05) is 4.90 Å². The number of benzene rings is 1. The van der Waals surface area contributed by atoms with Crippen molar-refractivity contribution in [3.63, 3.8) is 0 Å². The molecule has 0 bridgehead atoms. The number of nitrogens with zero attached hydrogens (tertiary/aromatic N) is 1. The second-order valence-electron chi connectivity index (χ2n) is 6.08. The lowest BCUT2D eigenvalue weighted by molar-refractivity contribution is 0.156. The smallest absolute Gasteiger partial charge is 0.321 e. The van der Waals surface area contributed by atoms with Crippen molar-refractivity contribution in [3.05, 3.63) is 24.3 Å². The van der Waals surface area contributed by atoms with Crippen LogP contribution in [0.2, 0.25) is 0 Å². The van der Waals surface area contributed by atoms with Gasteiger partial charge < -0.3 is 10.2 Å². The number of hydrogen-bond acceptors (Lipinski definition) is 3. The fraction of sp³-hybridized carbons (Fsp3) is 0.533. The highest BCUT2D eigenvalue weighted by molar-refractivity contribution is 7.90. The summed E-state index contributed by atoms with van der Waals surface area (Å²) in [7, 11) is -3.21. The molecule has 0 unspecified atom stereocenters. The quantitative estimate of drug-likeness (QED) is 0.913. The number of rotatable bonds is 2.